The number of nitrogens with zero attached hydrogens (tertiary/aromatic N) is 5. The highest BCUT2D eigenvalue weighted by molar-refractivity contribution is 5.97. The standard InChI is InChI=1S/C33H48N6O2/c1-24(2)14-20-38(21-15-25(3)4)33(40)28-16-22-39-30(23-28)29(9-8-19-37-17-6-5-7-18-37)31(35-39)26-10-12-27(13-11-26)32(34)36-41/h10-13,16,22-25,41H,5-9,14-15,17-21H2,1-4H3,(H2,34,36). The molecule has 3 heterocycles. The van der Waals surface area contributed by atoms with Crippen LogP contribution >= 0.6 is 0 Å². The Balaban J connectivity index is 1.67. The number of rotatable bonds is 13. The van der Waals surface area contributed by atoms with Gasteiger partial charge < -0.3 is 20.7 Å². The van der Waals surface area contributed by atoms with Gasteiger partial charge in [-0.2, -0.15) is 5.10 Å². The number of amides is 1. The van der Waals surface area contributed by atoms with Gasteiger partial charge in [-0.05, 0) is 82.1 Å². The fourth-order valence-electron chi connectivity index (χ4n) is 5.55. The zero-order valence-corrected chi connectivity index (χ0v) is 25.4. The molecule has 1 aliphatic heterocycles. The van der Waals surface area contributed by atoms with Gasteiger partial charge in [0.2, 0.25) is 0 Å². The Labute approximate surface area is 245 Å². The van der Waals surface area contributed by atoms with E-state index in [1.54, 1.807) is 0 Å². The van der Waals surface area contributed by atoms with Crippen LogP contribution in [0.4, 0.5) is 0 Å². The summed E-state index contributed by atoms with van der Waals surface area (Å²) >= 11 is 0. The molecule has 8 nitrogen and oxygen atoms in total. The van der Waals surface area contributed by atoms with Crippen LogP contribution in [0.15, 0.2) is 47.8 Å². The summed E-state index contributed by atoms with van der Waals surface area (Å²) in [4.78, 5) is 18.4. The van der Waals surface area contributed by atoms with E-state index < -0.39 is 0 Å². The van der Waals surface area contributed by atoms with Crippen molar-refractivity contribution in [3.05, 3.63) is 59.3 Å². The van der Waals surface area contributed by atoms with Crippen molar-refractivity contribution in [2.24, 2.45) is 22.7 Å². The fraction of sp³-hybridized carbons (Fsp3) is 0.545. The summed E-state index contributed by atoms with van der Waals surface area (Å²) in [6.07, 6.45) is 9.71. The highest BCUT2D eigenvalue weighted by Crippen LogP contribution is 2.29. The SMILES string of the molecule is CC(C)CCN(CCC(C)C)C(=O)c1ccn2nc(-c3ccc(C(N)=NO)cc3)c(CCCN3CCCCC3)c2c1. The third-order valence-corrected chi connectivity index (χ3v) is 8.14. The van der Waals surface area contributed by atoms with Crippen LogP contribution in [0.2, 0.25) is 0 Å². The number of aromatic nitrogens is 2. The predicted octanol–water partition coefficient (Wildman–Crippen LogP) is 6.05. The van der Waals surface area contributed by atoms with Gasteiger partial charge in [0.05, 0.1) is 11.2 Å². The summed E-state index contributed by atoms with van der Waals surface area (Å²) in [5.74, 6) is 1.26. The molecule has 0 spiro atoms. The van der Waals surface area contributed by atoms with Crippen molar-refractivity contribution in [2.75, 3.05) is 32.7 Å². The maximum Gasteiger partial charge on any atom is 0.253 e. The molecule has 3 aromatic rings. The van der Waals surface area contributed by atoms with E-state index in [0.29, 0.717) is 17.4 Å². The van der Waals surface area contributed by atoms with Gasteiger partial charge in [-0.1, -0.05) is 63.5 Å². The van der Waals surface area contributed by atoms with Gasteiger partial charge in [-0.25, -0.2) is 4.52 Å². The smallest absolute Gasteiger partial charge is 0.253 e. The zero-order chi connectivity index (χ0) is 29.4. The molecule has 0 atom stereocenters. The molecule has 0 aliphatic carbocycles. The van der Waals surface area contributed by atoms with Crippen LogP contribution in [0, 0.1) is 11.8 Å². The molecule has 0 unspecified atom stereocenters. The summed E-state index contributed by atoms with van der Waals surface area (Å²) in [5, 5.41) is 17.2. The molecule has 1 amide bonds. The number of oxime groups is 1. The van der Waals surface area contributed by atoms with Crippen molar-refractivity contribution < 1.29 is 10.0 Å². The van der Waals surface area contributed by atoms with Crippen molar-refractivity contribution in [3.8, 4) is 11.3 Å². The molecule has 1 fully saturated rings. The molecule has 1 saturated heterocycles. The van der Waals surface area contributed by atoms with Crippen LogP contribution in [0.3, 0.4) is 0 Å². The van der Waals surface area contributed by atoms with Crippen molar-refractivity contribution in [1.82, 2.24) is 19.4 Å². The molecule has 1 aliphatic rings. The van der Waals surface area contributed by atoms with Gasteiger partial charge in [-0.15, -0.1) is 0 Å². The lowest BCUT2D eigenvalue weighted by atomic mass is 10.00. The fourth-order valence-corrected chi connectivity index (χ4v) is 5.55. The molecular formula is C33H48N6O2. The first-order chi connectivity index (χ1) is 19.8. The van der Waals surface area contributed by atoms with Crippen LogP contribution in [0.25, 0.3) is 16.8 Å². The lowest BCUT2D eigenvalue weighted by Crippen LogP contribution is -2.34. The van der Waals surface area contributed by atoms with Gasteiger partial charge in [0.15, 0.2) is 5.84 Å². The first-order valence-electron chi connectivity index (χ1n) is 15.4. The maximum absolute atomic E-state index is 13.8. The molecule has 222 valence electrons. The number of piperidine rings is 1. The second kappa shape index (κ2) is 14.5. The highest BCUT2D eigenvalue weighted by atomic mass is 16.4. The average Bonchev–Trinajstić information content (AvgIpc) is 3.34. The Hall–Kier alpha value is -3.39. The number of likely N-dealkylation sites (tertiary alicyclic amines) is 1. The summed E-state index contributed by atoms with van der Waals surface area (Å²) in [7, 11) is 0. The number of carbonyl (C=O) groups excluding carboxylic acids is 1. The Kier molecular flexibility index (Phi) is 10.8. The third-order valence-electron chi connectivity index (χ3n) is 8.14. The first kappa shape index (κ1) is 30.6. The normalized spacial score (nSPS) is 14.8. The van der Waals surface area contributed by atoms with Crippen LogP contribution in [-0.4, -0.2) is 69.1 Å². The van der Waals surface area contributed by atoms with Crippen molar-refractivity contribution in [1.29, 1.82) is 0 Å². The van der Waals surface area contributed by atoms with Gasteiger partial charge in [0.1, 0.15) is 0 Å². The number of carbonyl (C=O) groups is 1. The van der Waals surface area contributed by atoms with Gasteiger partial charge >= 0.3 is 0 Å². The van der Waals surface area contributed by atoms with E-state index >= 15 is 0 Å². The van der Waals surface area contributed by atoms with Gasteiger partial charge in [0, 0.05) is 41.5 Å². The number of hydrogen-bond acceptors (Lipinski definition) is 5. The number of fused-ring (bicyclic) bond motifs is 1. The van der Waals surface area contributed by atoms with Crippen molar-refractivity contribution in [2.45, 2.75) is 72.6 Å². The second-order valence-corrected chi connectivity index (χ2v) is 12.3. The Morgan fingerprint density at radius 3 is 2.27 bits per heavy atom. The molecule has 8 heteroatoms. The number of pyridine rings is 1. The number of aryl methyl sites for hydroxylation is 1. The van der Waals surface area contributed by atoms with Crippen molar-refractivity contribution >= 4 is 17.3 Å². The summed E-state index contributed by atoms with van der Waals surface area (Å²) < 4.78 is 1.91. The van der Waals surface area contributed by atoms with E-state index in [1.165, 1.54) is 32.4 Å². The van der Waals surface area contributed by atoms with E-state index in [-0.39, 0.29) is 11.7 Å². The number of amidine groups is 1. The van der Waals surface area contributed by atoms with E-state index in [1.807, 2.05) is 52.0 Å². The maximum atomic E-state index is 13.8. The molecule has 1 aromatic carbocycles. The van der Waals surface area contributed by atoms with Gasteiger partial charge in [-0.3, -0.25) is 4.79 Å². The topological polar surface area (TPSA) is 99.5 Å². The van der Waals surface area contributed by atoms with E-state index in [4.69, 9.17) is 16.0 Å². The average molecular weight is 561 g/mol. The minimum absolute atomic E-state index is 0.0796. The monoisotopic (exact) mass is 560 g/mol. The summed E-state index contributed by atoms with van der Waals surface area (Å²) in [6.45, 7) is 13.8. The third kappa shape index (κ3) is 8.09. The minimum atomic E-state index is 0.0796. The second-order valence-electron chi connectivity index (χ2n) is 12.3. The van der Waals surface area contributed by atoms with Crippen LogP contribution in [0.5, 0.6) is 0 Å². The number of hydrogen-bond donors (Lipinski definition) is 2. The van der Waals surface area contributed by atoms with E-state index in [0.717, 1.165) is 73.2 Å². The molecule has 41 heavy (non-hydrogen) atoms. The largest absolute Gasteiger partial charge is 0.409 e. The molecule has 0 bridgehead atoms. The molecular weight excluding hydrogens is 512 g/mol. The quantitative estimate of drug-likeness (QED) is 0.115. The molecule has 2 aromatic heterocycles. The summed E-state index contributed by atoms with van der Waals surface area (Å²) in [6, 6.07) is 11.6. The zero-order valence-electron chi connectivity index (χ0n) is 25.4. The van der Waals surface area contributed by atoms with Gasteiger partial charge in [0.25, 0.3) is 5.91 Å². The molecule has 4 rings (SSSR count). The van der Waals surface area contributed by atoms with E-state index in [2.05, 4.69) is 37.8 Å². The first-order valence-corrected chi connectivity index (χ1v) is 15.4. The molecule has 0 radical (unpaired) electrons. The summed E-state index contributed by atoms with van der Waals surface area (Å²) in [5.41, 5.74) is 11.2. The van der Waals surface area contributed by atoms with Crippen LogP contribution in [-0.2, 0) is 6.42 Å². The van der Waals surface area contributed by atoms with Crippen molar-refractivity contribution in [3.63, 3.8) is 0 Å². The Bertz CT molecular complexity index is 1290. The molecule has 3 N–H and O–H groups in total. The Morgan fingerprint density at radius 2 is 1.66 bits per heavy atom. The lowest BCUT2D eigenvalue weighted by molar-refractivity contribution is 0.0741. The lowest BCUT2D eigenvalue weighted by Gasteiger charge is -2.26. The number of benzene rings is 1. The van der Waals surface area contributed by atoms with Crippen LogP contribution < -0.4 is 5.73 Å². The minimum Gasteiger partial charge on any atom is -0.409 e. The van der Waals surface area contributed by atoms with E-state index in [9.17, 15) is 4.79 Å². The van der Waals surface area contributed by atoms with Crippen LogP contribution in [0.1, 0.15) is 87.7 Å². The Morgan fingerprint density at radius 1 is 1.00 bits per heavy atom. The number of nitrogens with two attached hydrogens (primary N) is 1. The molecule has 0 saturated carbocycles. The predicted molar refractivity (Wildman–Crippen MR) is 167 cm³/mol. The highest BCUT2D eigenvalue weighted by Gasteiger charge is 2.21.